The van der Waals surface area contributed by atoms with E-state index in [-0.39, 0.29) is 0 Å². The maximum absolute atomic E-state index is 9.32. The van der Waals surface area contributed by atoms with E-state index < -0.39 is 0 Å². The Labute approximate surface area is 133 Å². The van der Waals surface area contributed by atoms with Crippen LogP contribution in [0.4, 0.5) is 5.69 Å². The number of benzene rings is 2. The number of anilines is 1. The van der Waals surface area contributed by atoms with Gasteiger partial charge in [0.1, 0.15) is 0 Å². The van der Waals surface area contributed by atoms with Crippen molar-refractivity contribution in [3.8, 4) is 6.07 Å². The summed E-state index contributed by atoms with van der Waals surface area (Å²) in [4.78, 5) is 2.05. The molecule has 0 aliphatic heterocycles. The first-order valence-electron chi connectivity index (χ1n) is 6.25. The van der Waals surface area contributed by atoms with Crippen molar-refractivity contribution >= 4 is 39.9 Å². The summed E-state index contributed by atoms with van der Waals surface area (Å²) < 4.78 is 1.17. The third-order valence-electron chi connectivity index (χ3n) is 3.00. The molecular weight excluding hydrogens is 359 g/mol. The predicted octanol–water partition coefficient (Wildman–Crippen LogP) is 4.42. The van der Waals surface area contributed by atoms with E-state index in [0.29, 0.717) is 5.57 Å². The normalized spacial score (nSPS) is 11.0. The topological polar surface area (TPSA) is 27.0 Å². The summed E-state index contributed by atoms with van der Waals surface area (Å²) in [5.74, 6) is 0. The van der Waals surface area contributed by atoms with Crippen molar-refractivity contribution in [2.45, 2.75) is 0 Å². The van der Waals surface area contributed by atoms with Gasteiger partial charge in [-0.05, 0) is 64.1 Å². The third kappa shape index (κ3) is 3.61. The van der Waals surface area contributed by atoms with Crippen molar-refractivity contribution in [3.63, 3.8) is 0 Å². The summed E-state index contributed by atoms with van der Waals surface area (Å²) in [6, 6.07) is 18.4. The van der Waals surface area contributed by atoms with Crippen molar-refractivity contribution in [3.05, 3.63) is 63.2 Å². The van der Waals surface area contributed by atoms with E-state index in [1.807, 2.05) is 56.6 Å². The maximum Gasteiger partial charge on any atom is 0.0998 e. The fourth-order valence-corrected chi connectivity index (χ4v) is 2.20. The van der Waals surface area contributed by atoms with Gasteiger partial charge in [-0.3, -0.25) is 0 Å². The maximum atomic E-state index is 9.32. The lowest BCUT2D eigenvalue weighted by molar-refractivity contribution is 1.13. The fraction of sp³-hybridized carbons (Fsp3) is 0.118. The average Bonchev–Trinajstić information content (AvgIpc) is 2.46. The molecule has 0 saturated heterocycles. The molecule has 0 spiro atoms. The number of allylic oxidation sites excluding steroid dienone is 1. The molecule has 0 bridgehead atoms. The van der Waals surface area contributed by atoms with E-state index in [4.69, 9.17) is 0 Å². The number of nitrogens with zero attached hydrogens (tertiary/aromatic N) is 2. The van der Waals surface area contributed by atoms with Gasteiger partial charge in [0.15, 0.2) is 0 Å². The Bertz CT molecular complexity index is 647. The predicted molar refractivity (Wildman–Crippen MR) is 93.4 cm³/mol. The van der Waals surface area contributed by atoms with Crippen LogP contribution in [0.5, 0.6) is 0 Å². The molecule has 0 N–H and O–H groups in total. The Balaban J connectivity index is 2.31. The molecule has 0 aliphatic carbocycles. The minimum atomic E-state index is 0.680. The molecule has 0 saturated carbocycles. The largest absolute Gasteiger partial charge is 0.378 e. The number of nitriles is 1. The fourth-order valence-electron chi connectivity index (χ4n) is 1.84. The SMILES string of the molecule is CN(C)c1ccc(/C=C(/C#N)c2ccc(I)cc2)cc1. The van der Waals surface area contributed by atoms with Gasteiger partial charge in [0, 0.05) is 23.4 Å². The highest BCUT2D eigenvalue weighted by Crippen LogP contribution is 2.20. The Morgan fingerprint density at radius 3 is 2.15 bits per heavy atom. The molecule has 0 amide bonds. The van der Waals surface area contributed by atoms with Gasteiger partial charge in [-0.2, -0.15) is 5.26 Å². The minimum Gasteiger partial charge on any atom is -0.378 e. The Morgan fingerprint density at radius 1 is 1.05 bits per heavy atom. The van der Waals surface area contributed by atoms with Crippen molar-refractivity contribution in [2.75, 3.05) is 19.0 Å². The number of hydrogen-bond acceptors (Lipinski definition) is 2. The van der Waals surface area contributed by atoms with E-state index in [1.54, 1.807) is 0 Å². The van der Waals surface area contributed by atoms with Gasteiger partial charge in [-0.15, -0.1) is 0 Å². The second kappa shape index (κ2) is 6.58. The zero-order chi connectivity index (χ0) is 14.5. The first kappa shape index (κ1) is 14.6. The Kier molecular flexibility index (Phi) is 4.80. The Hall–Kier alpha value is -1.80. The second-order valence-corrected chi connectivity index (χ2v) is 5.91. The highest BCUT2D eigenvalue weighted by Gasteiger charge is 2.01. The first-order valence-corrected chi connectivity index (χ1v) is 7.33. The second-order valence-electron chi connectivity index (χ2n) is 4.66. The third-order valence-corrected chi connectivity index (χ3v) is 3.72. The molecule has 0 unspecified atom stereocenters. The molecule has 2 rings (SSSR count). The van der Waals surface area contributed by atoms with Gasteiger partial charge in [0.2, 0.25) is 0 Å². The van der Waals surface area contributed by atoms with Crippen LogP contribution in [0.25, 0.3) is 11.6 Å². The van der Waals surface area contributed by atoms with Crippen LogP contribution in [0.15, 0.2) is 48.5 Å². The van der Waals surface area contributed by atoms with Crippen molar-refractivity contribution < 1.29 is 0 Å². The van der Waals surface area contributed by atoms with Gasteiger partial charge in [-0.25, -0.2) is 0 Å². The van der Waals surface area contributed by atoms with E-state index >= 15 is 0 Å². The van der Waals surface area contributed by atoms with Crippen molar-refractivity contribution in [1.29, 1.82) is 5.26 Å². The van der Waals surface area contributed by atoms with Crippen LogP contribution in [0.2, 0.25) is 0 Å². The summed E-state index contributed by atoms with van der Waals surface area (Å²) in [6.07, 6.45) is 1.92. The molecule has 2 nitrogen and oxygen atoms in total. The molecule has 0 atom stereocenters. The van der Waals surface area contributed by atoms with Crippen LogP contribution >= 0.6 is 22.6 Å². The highest BCUT2D eigenvalue weighted by molar-refractivity contribution is 14.1. The van der Waals surface area contributed by atoms with E-state index in [2.05, 4.69) is 45.7 Å². The van der Waals surface area contributed by atoms with Crippen LogP contribution in [0, 0.1) is 14.9 Å². The average molecular weight is 374 g/mol. The van der Waals surface area contributed by atoms with Crippen LogP contribution < -0.4 is 4.90 Å². The van der Waals surface area contributed by atoms with Crippen LogP contribution in [-0.4, -0.2) is 14.1 Å². The van der Waals surface area contributed by atoms with Crippen LogP contribution in [-0.2, 0) is 0 Å². The van der Waals surface area contributed by atoms with Gasteiger partial charge in [-0.1, -0.05) is 24.3 Å². The van der Waals surface area contributed by atoms with Gasteiger partial charge < -0.3 is 4.90 Å². The highest BCUT2D eigenvalue weighted by atomic mass is 127. The van der Waals surface area contributed by atoms with Gasteiger partial charge >= 0.3 is 0 Å². The van der Waals surface area contributed by atoms with Gasteiger partial charge in [0.25, 0.3) is 0 Å². The summed E-state index contributed by atoms with van der Waals surface area (Å²) in [5, 5.41) is 9.32. The minimum absolute atomic E-state index is 0.680. The molecule has 3 heteroatoms. The van der Waals surface area contributed by atoms with Crippen molar-refractivity contribution in [1.82, 2.24) is 0 Å². The molecule has 2 aromatic rings. The zero-order valence-corrected chi connectivity index (χ0v) is 13.6. The standard InChI is InChI=1S/C17H15IN2/c1-20(2)17-9-3-13(4-10-17)11-15(12-19)14-5-7-16(18)8-6-14/h3-11H,1-2H3/b15-11-. The lowest BCUT2D eigenvalue weighted by Gasteiger charge is -2.11. The molecule has 100 valence electrons. The number of rotatable bonds is 3. The summed E-state index contributed by atoms with van der Waals surface area (Å²) in [7, 11) is 4.02. The molecule has 2 aromatic carbocycles. The van der Waals surface area contributed by atoms with E-state index in [9.17, 15) is 5.26 Å². The number of hydrogen-bond donors (Lipinski definition) is 0. The van der Waals surface area contributed by atoms with Gasteiger partial charge in [0.05, 0.1) is 11.6 Å². The molecule has 0 radical (unpaired) electrons. The molecular formula is C17H15IN2. The molecule has 20 heavy (non-hydrogen) atoms. The molecule has 0 fully saturated rings. The quantitative estimate of drug-likeness (QED) is 0.452. The molecule has 0 aromatic heterocycles. The van der Waals surface area contributed by atoms with Crippen molar-refractivity contribution in [2.24, 2.45) is 0 Å². The smallest absolute Gasteiger partial charge is 0.0998 e. The Morgan fingerprint density at radius 2 is 1.65 bits per heavy atom. The van der Waals surface area contributed by atoms with Crippen LogP contribution in [0.1, 0.15) is 11.1 Å². The lowest BCUT2D eigenvalue weighted by atomic mass is 10.0. The monoisotopic (exact) mass is 374 g/mol. The summed E-state index contributed by atoms with van der Waals surface area (Å²) in [6.45, 7) is 0. The summed E-state index contributed by atoms with van der Waals surface area (Å²) >= 11 is 2.26. The number of halogens is 1. The van der Waals surface area contributed by atoms with E-state index in [1.165, 1.54) is 3.57 Å². The first-order chi connectivity index (χ1) is 9.60. The lowest BCUT2D eigenvalue weighted by Crippen LogP contribution is -2.07. The molecule has 0 heterocycles. The van der Waals surface area contributed by atoms with E-state index in [0.717, 1.165) is 16.8 Å². The summed E-state index contributed by atoms with van der Waals surface area (Å²) in [5.41, 5.74) is 3.81. The zero-order valence-electron chi connectivity index (χ0n) is 11.5. The van der Waals surface area contributed by atoms with Crippen LogP contribution in [0.3, 0.4) is 0 Å². The molecule has 0 aliphatic rings.